The number of nitrogens with one attached hydrogen (secondary N) is 1. The van der Waals surface area contributed by atoms with E-state index in [1.807, 2.05) is 22.6 Å². The van der Waals surface area contributed by atoms with Crippen LogP contribution in [0.3, 0.4) is 0 Å². The van der Waals surface area contributed by atoms with Gasteiger partial charge in [-0.25, -0.2) is 4.39 Å². The van der Waals surface area contributed by atoms with E-state index in [1.54, 1.807) is 0 Å². The predicted molar refractivity (Wildman–Crippen MR) is 62.3 cm³/mol. The summed E-state index contributed by atoms with van der Waals surface area (Å²) in [5.41, 5.74) is -0.0910. The van der Waals surface area contributed by atoms with Gasteiger partial charge in [-0.3, -0.25) is 4.79 Å². The van der Waals surface area contributed by atoms with Crippen molar-refractivity contribution in [2.75, 3.05) is 0 Å². The number of aromatic amines is 1. The Morgan fingerprint density at radius 2 is 2.14 bits per heavy atom. The number of pyridine rings is 1. The molecule has 2 rings (SSSR count). The second kappa shape index (κ2) is 3.51. The van der Waals surface area contributed by atoms with Gasteiger partial charge in [0.15, 0.2) is 0 Å². The molecule has 1 aromatic carbocycles. The lowest BCUT2D eigenvalue weighted by molar-refractivity contribution is 0.636. The van der Waals surface area contributed by atoms with Crippen LogP contribution in [0.25, 0.3) is 10.9 Å². The summed E-state index contributed by atoms with van der Waals surface area (Å²) >= 11 is 7.69. The average Bonchev–Trinajstić information content (AvgIpc) is 2.16. The van der Waals surface area contributed by atoms with Gasteiger partial charge in [0.1, 0.15) is 5.82 Å². The summed E-state index contributed by atoms with van der Waals surface area (Å²) in [7, 11) is 0. The lowest BCUT2D eigenvalue weighted by atomic mass is 10.2. The third-order valence-electron chi connectivity index (χ3n) is 1.89. The molecule has 0 amide bonds. The second-order valence-corrected chi connectivity index (χ2v) is 4.31. The van der Waals surface area contributed by atoms with Gasteiger partial charge in [0, 0.05) is 6.20 Å². The van der Waals surface area contributed by atoms with Crippen molar-refractivity contribution in [1.29, 1.82) is 0 Å². The van der Waals surface area contributed by atoms with Gasteiger partial charge >= 0.3 is 0 Å². The van der Waals surface area contributed by atoms with Crippen LogP contribution < -0.4 is 5.43 Å². The molecule has 72 valence electrons. The Bertz CT molecular complexity index is 566. The number of rotatable bonds is 0. The Balaban J connectivity index is 3.09. The fourth-order valence-corrected chi connectivity index (χ4v) is 1.90. The molecule has 0 spiro atoms. The molecule has 2 nitrogen and oxygen atoms in total. The highest BCUT2D eigenvalue weighted by Crippen LogP contribution is 2.21. The van der Waals surface area contributed by atoms with Gasteiger partial charge in [0.2, 0.25) is 5.43 Å². The number of hydrogen-bond acceptors (Lipinski definition) is 1. The van der Waals surface area contributed by atoms with Gasteiger partial charge in [-0.05, 0) is 34.7 Å². The first-order valence-corrected chi connectivity index (χ1v) is 5.22. The third kappa shape index (κ3) is 1.42. The van der Waals surface area contributed by atoms with Crippen LogP contribution >= 0.6 is 34.2 Å². The van der Waals surface area contributed by atoms with E-state index in [0.29, 0.717) is 3.57 Å². The van der Waals surface area contributed by atoms with E-state index < -0.39 is 5.82 Å². The van der Waals surface area contributed by atoms with Crippen molar-refractivity contribution < 1.29 is 4.39 Å². The van der Waals surface area contributed by atoms with Crippen molar-refractivity contribution in [3.05, 3.63) is 43.0 Å². The molecule has 0 unspecified atom stereocenters. The van der Waals surface area contributed by atoms with Crippen molar-refractivity contribution in [3.63, 3.8) is 0 Å². The van der Waals surface area contributed by atoms with E-state index in [9.17, 15) is 9.18 Å². The zero-order valence-electron chi connectivity index (χ0n) is 6.77. The van der Waals surface area contributed by atoms with E-state index in [0.717, 1.165) is 0 Å². The standard InChI is InChI=1S/C9H4ClFINO/c10-4-1-2-5(11)8-7(4)9(14)6(12)3-13-8/h1-3H,(H,13,14). The van der Waals surface area contributed by atoms with Crippen molar-refractivity contribution in [3.8, 4) is 0 Å². The van der Waals surface area contributed by atoms with Crippen molar-refractivity contribution in [1.82, 2.24) is 4.98 Å². The first kappa shape index (κ1) is 9.92. The number of aromatic nitrogens is 1. The molecule has 0 aliphatic rings. The van der Waals surface area contributed by atoms with Crippen LogP contribution in [0.5, 0.6) is 0 Å². The van der Waals surface area contributed by atoms with E-state index in [4.69, 9.17) is 11.6 Å². The molecule has 5 heteroatoms. The molecule has 0 aliphatic carbocycles. The fourth-order valence-electron chi connectivity index (χ4n) is 1.24. The lowest BCUT2D eigenvalue weighted by Crippen LogP contribution is -2.07. The molecule has 2 aromatic rings. The summed E-state index contributed by atoms with van der Waals surface area (Å²) in [4.78, 5) is 14.3. The number of H-pyrrole nitrogens is 1. The quantitative estimate of drug-likeness (QED) is 0.743. The summed E-state index contributed by atoms with van der Waals surface area (Å²) in [5, 5.41) is 0.472. The molecule has 0 saturated heterocycles. The Kier molecular flexibility index (Phi) is 2.48. The summed E-state index contributed by atoms with van der Waals surface area (Å²) in [6.45, 7) is 0. The van der Waals surface area contributed by atoms with Crippen LogP contribution in [0.1, 0.15) is 0 Å². The maximum atomic E-state index is 13.2. The van der Waals surface area contributed by atoms with E-state index in [2.05, 4.69) is 4.98 Å². The molecule has 0 atom stereocenters. The van der Waals surface area contributed by atoms with E-state index in [-0.39, 0.29) is 21.4 Å². The van der Waals surface area contributed by atoms with Crippen molar-refractivity contribution >= 4 is 45.1 Å². The second-order valence-electron chi connectivity index (χ2n) is 2.74. The predicted octanol–water partition coefficient (Wildman–Crippen LogP) is 2.93. The Morgan fingerprint density at radius 1 is 1.43 bits per heavy atom. The van der Waals surface area contributed by atoms with Crippen LogP contribution in [0, 0.1) is 9.39 Å². The minimum Gasteiger partial charge on any atom is -0.357 e. The maximum absolute atomic E-state index is 13.2. The van der Waals surface area contributed by atoms with Gasteiger partial charge in [-0.1, -0.05) is 11.6 Å². The van der Waals surface area contributed by atoms with Crippen molar-refractivity contribution in [2.45, 2.75) is 0 Å². The first-order chi connectivity index (χ1) is 6.61. The summed E-state index contributed by atoms with van der Waals surface area (Å²) in [6, 6.07) is 2.61. The molecular weight excluding hydrogens is 319 g/mol. The van der Waals surface area contributed by atoms with Gasteiger partial charge in [-0.15, -0.1) is 0 Å². The topological polar surface area (TPSA) is 32.9 Å². The highest BCUT2D eigenvalue weighted by molar-refractivity contribution is 14.1. The van der Waals surface area contributed by atoms with Gasteiger partial charge in [0.25, 0.3) is 0 Å². The minimum absolute atomic E-state index is 0.155. The molecule has 0 bridgehead atoms. The van der Waals surface area contributed by atoms with E-state index >= 15 is 0 Å². The summed E-state index contributed by atoms with van der Waals surface area (Å²) in [6.07, 6.45) is 1.46. The Morgan fingerprint density at radius 3 is 2.86 bits per heavy atom. The third-order valence-corrected chi connectivity index (χ3v) is 3.01. The monoisotopic (exact) mass is 323 g/mol. The molecule has 0 saturated carbocycles. The first-order valence-electron chi connectivity index (χ1n) is 3.76. The summed E-state index contributed by atoms with van der Waals surface area (Å²) < 4.78 is 13.7. The van der Waals surface area contributed by atoms with Gasteiger partial charge < -0.3 is 4.98 Å². The summed E-state index contributed by atoms with van der Waals surface area (Å²) in [5.74, 6) is -0.474. The Hall–Kier alpha value is -0.620. The molecule has 0 radical (unpaired) electrons. The molecule has 0 fully saturated rings. The molecule has 14 heavy (non-hydrogen) atoms. The van der Waals surface area contributed by atoms with E-state index in [1.165, 1.54) is 18.3 Å². The molecule has 1 N–H and O–H groups in total. The van der Waals surface area contributed by atoms with Crippen LogP contribution in [0.4, 0.5) is 4.39 Å². The highest BCUT2D eigenvalue weighted by Gasteiger charge is 2.09. The number of hydrogen-bond donors (Lipinski definition) is 1. The molecular formula is C9H4ClFINO. The SMILES string of the molecule is O=c1c(I)c[nH]c2c(F)ccc(Cl)c12. The maximum Gasteiger partial charge on any atom is 0.204 e. The van der Waals surface area contributed by atoms with Crippen LogP contribution in [-0.4, -0.2) is 4.98 Å². The molecule has 0 aliphatic heterocycles. The fraction of sp³-hybridized carbons (Fsp3) is 0. The Labute approximate surface area is 97.2 Å². The normalized spacial score (nSPS) is 10.8. The number of fused-ring (bicyclic) bond motifs is 1. The zero-order valence-corrected chi connectivity index (χ0v) is 9.69. The van der Waals surface area contributed by atoms with Crippen molar-refractivity contribution in [2.24, 2.45) is 0 Å². The number of halogens is 3. The zero-order chi connectivity index (χ0) is 10.3. The van der Waals surface area contributed by atoms with Crippen LogP contribution in [0.2, 0.25) is 5.02 Å². The average molecular weight is 323 g/mol. The highest BCUT2D eigenvalue weighted by atomic mass is 127. The van der Waals surface area contributed by atoms with Gasteiger partial charge in [0.05, 0.1) is 19.5 Å². The van der Waals surface area contributed by atoms with Crippen LogP contribution in [-0.2, 0) is 0 Å². The smallest absolute Gasteiger partial charge is 0.204 e. The van der Waals surface area contributed by atoms with Gasteiger partial charge in [-0.2, -0.15) is 0 Å². The molecule has 1 aromatic heterocycles. The molecule has 1 heterocycles. The lowest BCUT2D eigenvalue weighted by Gasteiger charge is -2.01. The van der Waals surface area contributed by atoms with Crippen LogP contribution in [0.15, 0.2) is 23.1 Å². The minimum atomic E-state index is -0.474. The largest absolute Gasteiger partial charge is 0.357 e. The number of benzene rings is 1.